The third-order valence-electron chi connectivity index (χ3n) is 2.48. The van der Waals surface area contributed by atoms with Gasteiger partial charge < -0.3 is 9.64 Å². The Labute approximate surface area is 114 Å². The highest BCUT2D eigenvalue weighted by atomic mass is 79.9. The first-order chi connectivity index (χ1) is 8.77. The number of benzene rings is 1. The molecule has 0 saturated carbocycles. The van der Waals surface area contributed by atoms with Crippen LogP contribution in [0.2, 0.25) is 0 Å². The normalized spacial score (nSPS) is 16.5. The number of cyclic esters (lactones) is 2. The Morgan fingerprint density at radius 1 is 1.16 bits per heavy atom. The molecule has 1 aromatic rings. The highest BCUT2D eigenvalue weighted by Crippen LogP contribution is 2.35. The van der Waals surface area contributed by atoms with Gasteiger partial charge in [0.25, 0.3) is 0 Å². The van der Waals surface area contributed by atoms with E-state index < -0.39 is 23.7 Å². The van der Waals surface area contributed by atoms with Gasteiger partial charge in [-0.3, -0.25) is 0 Å². The van der Waals surface area contributed by atoms with Crippen LogP contribution in [0.15, 0.2) is 22.7 Å². The first-order valence-electron chi connectivity index (χ1n) is 5.12. The molecule has 0 bridgehead atoms. The Hall–Kier alpha value is -1.57. The minimum absolute atomic E-state index is 0.125. The highest BCUT2D eigenvalue weighted by Gasteiger charge is 2.33. The summed E-state index contributed by atoms with van der Waals surface area (Å²) in [4.78, 5) is 23.5. The van der Waals surface area contributed by atoms with Crippen molar-refractivity contribution in [1.29, 1.82) is 0 Å². The van der Waals surface area contributed by atoms with Crippen LogP contribution >= 0.6 is 15.9 Å². The van der Waals surface area contributed by atoms with Crippen LogP contribution in [0, 0.1) is 0 Å². The smallest absolute Gasteiger partial charge is 0.390 e. The molecule has 0 aliphatic carbocycles. The first kappa shape index (κ1) is 13.9. The average Bonchev–Trinajstić information content (AvgIpc) is 2.26. The SMILES string of the molecule is O=C1CN(c2cc(C(F)(F)F)ccc2Br)CC(=O)O1. The molecule has 102 valence electrons. The van der Waals surface area contributed by atoms with E-state index in [-0.39, 0.29) is 18.8 Å². The molecule has 1 saturated heterocycles. The van der Waals surface area contributed by atoms with Crippen molar-refractivity contribution in [3.05, 3.63) is 28.2 Å². The molecular formula is C11H7BrF3NO3. The summed E-state index contributed by atoms with van der Waals surface area (Å²) in [5, 5.41) is 0. The second-order valence-electron chi connectivity index (χ2n) is 3.87. The summed E-state index contributed by atoms with van der Waals surface area (Å²) in [6, 6.07) is 3.02. The van der Waals surface area contributed by atoms with E-state index in [4.69, 9.17) is 0 Å². The highest BCUT2D eigenvalue weighted by molar-refractivity contribution is 9.10. The Balaban J connectivity index is 2.38. The number of halogens is 4. The second-order valence-corrected chi connectivity index (χ2v) is 4.72. The molecular weight excluding hydrogens is 331 g/mol. The molecule has 0 atom stereocenters. The Bertz CT molecular complexity index is 528. The number of morpholine rings is 1. The summed E-state index contributed by atoms with van der Waals surface area (Å²) in [6.45, 7) is -0.544. The van der Waals surface area contributed by atoms with Crippen molar-refractivity contribution in [3.63, 3.8) is 0 Å². The Kier molecular flexibility index (Phi) is 3.53. The van der Waals surface area contributed by atoms with Crippen LogP contribution in [0.1, 0.15) is 5.56 Å². The van der Waals surface area contributed by atoms with Gasteiger partial charge in [-0.25, -0.2) is 9.59 Å². The lowest BCUT2D eigenvalue weighted by molar-refractivity contribution is -0.160. The van der Waals surface area contributed by atoms with Gasteiger partial charge in [-0.2, -0.15) is 13.2 Å². The van der Waals surface area contributed by atoms with E-state index in [1.165, 1.54) is 11.0 Å². The lowest BCUT2D eigenvalue weighted by Crippen LogP contribution is -2.43. The second kappa shape index (κ2) is 4.84. The van der Waals surface area contributed by atoms with Crippen molar-refractivity contribution < 1.29 is 27.5 Å². The molecule has 4 nitrogen and oxygen atoms in total. The van der Waals surface area contributed by atoms with Crippen LogP contribution in [0.5, 0.6) is 0 Å². The predicted octanol–water partition coefficient (Wildman–Crippen LogP) is 2.36. The fraction of sp³-hybridized carbons (Fsp3) is 0.273. The van der Waals surface area contributed by atoms with Crippen molar-refractivity contribution >= 4 is 33.6 Å². The standard InChI is InChI=1S/C11H7BrF3NO3/c12-7-2-1-6(11(13,14)15)3-8(7)16-4-9(17)19-10(18)5-16/h1-3H,4-5H2. The van der Waals surface area contributed by atoms with Crippen LogP contribution in [-0.2, 0) is 20.5 Å². The van der Waals surface area contributed by atoms with E-state index in [9.17, 15) is 22.8 Å². The lowest BCUT2D eigenvalue weighted by Gasteiger charge is -2.27. The molecule has 0 amide bonds. The monoisotopic (exact) mass is 337 g/mol. The molecule has 0 aromatic heterocycles. The van der Waals surface area contributed by atoms with Crippen molar-refractivity contribution in [2.45, 2.75) is 6.18 Å². The summed E-state index contributed by atoms with van der Waals surface area (Å²) >= 11 is 3.10. The zero-order valence-electron chi connectivity index (χ0n) is 9.33. The van der Waals surface area contributed by atoms with Crippen molar-refractivity contribution in [1.82, 2.24) is 0 Å². The maximum atomic E-state index is 12.6. The van der Waals surface area contributed by atoms with E-state index in [0.29, 0.717) is 4.47 Å². The van der Waals surface area contributed by atoms with E-state index in [1.54, 1.807) is 0 Å². The molecule has 1 aliphatic heterocycles. The molecule has 0 spiro atoms. The van der Waals surface area contributed by atoms with E-state index in [2.05, 4.69) is 20.7 Å². The minimum atomic E-state index is -4.49. The number of rotatable bonds is 1. The summed E-state index contributed by atoms with van der Waals surface area (Å²) in [5.74, 6) is -1.58. The largest absolute Gasteiger partial charge is 0.416 e. The number of hydrogen-bond donors (Lipinski definition) is 0. The first-order valence-corrected chi connectivity index (χ1v) is 5.92. The number of anilines is 1. The van der Waals surface area contributed by atoms with Crippen molar-refractivity contribution in [2.75, 3.05) is 18.0 Å². The van der Waals surface area contributed by atoms with Crippen LogP contribution in [0.3, 0.4) is 0 Å². The minimum Gasteiger partial charge on any atom is -0.390 e. The topological polar surface area (TPSA) is 46.6 Å². The van der Waals surface area contributed by atoms with Crippen LogP contribution in [-0.4, -0.2) is 25.0 Å². The van der Waals surface area contributed by atoms with Gasteiger partial charge in [0.2, 0.25) is 0 Å². The van der Waals surface area contributed by atoms with E-state index >= 15 is 0 Å². The quantitative estimate of drug-likeness (QED) is 0.583. The van der Waals surface area contributed by atoms with Gasteiger partial charge in [-0.05, 0) is 34.1 Å². The maximum Gasteiger partial charge on any atom is 0.416 e. The number of nitrogens with zero attached hydrogens (tertiary/aromatic N) is 1. The van der Waals surface area contributed by atoms with E-state index in [0.717, 1.165) is 12.1 Å². The summed E-state index contributed by atoms with van der Waals surface area (Å²) in [7, 11) is 0. The zero-order valence-corrected chi connectivity index (χ0v) is 10.9. The van der Waals surface area contributed by atoms with Gasteiger partial charge >= 0.3 is 18.1 Å². The van der Waals surface area contributed by atoms with E-state index in [1.807, 2.05) is 0 Å². The molecule has 8 heteroatoms. The molecule has 0 N–H and O–H groups in total. The molecule has 1 aromatic carbocycles. The molecule has 19 heavy (non-hydrogen) atoms. The molecule has 2 rings (SSSR count). The van der Waals surface area contributed by atoms with Crippen LogP contribution < -0.4 is 4.90 Å². The third kappa shape index (κ3) is 3.06. The average molecular weight is 338 g/mol. The molecule has 1 aliphatic rings. The van der Waals surface area contributed by atoms with Gasteiger partial charge in [0.1, 0.15) is 13.1 Å². The molecule has 0 radical (unpaired) electrons. The predicted molar refractivity (Wildman–Crippen MR) is 62.5 cm³/mol. The fourth-order valence-corrected chi connectivity index (χ4v) is 2.16. The third-order valence-corrected chi connectivity index (χ3v) is 3.15. The van der Waals surface area contributed by atoms with Crippen LogP contribution in [0.25, 0.3) is 0 Å². The van der Waals surface area contributed by atoms with Gasteiger partial charge in [0.15, 0.2) is 0 Å². The Morgan fingerprint density at radius 3 is 2.26 bits per heavy atom. The molecule has 0 unspecified atom stereocenters. The number of alkyl halides is 3. The summed E-state index contributed by atoms with van der Waals surface area (Å²) in [6.07, 6.45) is -4.49. The molecule has 1 fully saturated rings. The zero-order chi connectivity index (χ0) is 14.2. The summed E-state index contributed by atoms with van der Waals surface area (Å²) < 4.78 is 42.6. The number of hydrogen-bond acceptors (Lipinski definition) is 4. The van der Waals surface area contributed by atoms with Crippen LogP contribution in [0.4, 0.5) is 18.9 Å². The fourth-order valence-electron chi connectivity index (χ4n) is 1.66. The number of carbonyl (C=O) groups is 2. The van der Waals surface area contributed by atoms with Gasteiger partial charge in [-0.1, -0.05) is 0 Å². The molecule has 1 heterocycles. The van der Waals surface area contributed by atoms with Gasteiger partial charge in [-0.15, -0.1) is 0 Å². The number of ether oxygens (including phenoxy) is 1. The van der Waals surface area contributed by atoms with Gasteiger partial charge in [0, 0.05) is 4.47 Å². The Morgan fingerprint density at radius 2 is 1.74 bits per heavy atom. The number of esters is 2. The van der Waals surface area contributed by atoms with Crippen molar-refractivity contribution in [2.24, 2.45) is 0 Å². The lowest BCUT2D eigenvalue weighted by atomic mass is 10.1. The van der Waals surface area contributed by atoms with Crippen molar-refractivity contribution in [3.8, 4) is 0 Å². The maximum absolute atomic E-state index is 12.6. The number of carbonyl (C=O) groups excluding carboxylic acids is 2. The van der Waals surface area contributed by atoms with Gasteiger partial charge in [0.05, 0.1) is 11.3 Å². The summed E-state index contributed by atoms with van der Waals surface area (Å²) in [5.41, 5.74) is -0.725.